The molecule has 0 aliphatic rings. The first kappa shape index (κ1) is 15.4. The van der Waals surface area contributed by atoms with Crippen molar-refractivity contribution in [3.63, 3.8) is 0 Å². The number of phenols is 1. The van der Waals surface area contributed by atoms with Gasteiger partial charge in [0.25, 0.3) is 5.69 Å². The van der Waals surface area contributed by atoms with Gasteiger partial charge in [-0.25, -0.2) is 0 Å². The lowest BCUT2D eigenvalue weighted by molar-refractivity contribution is -0.384. The number of phenolic OH excluding ortho intramolecular Hbond substituents is 1. The van der Waals surface area contributed by atoms with Crippen LogP contribution in [0.1, 0.15) is 5.56 Å². The van der Waals surface area contributed by atoms with E-state index in [4.69, 9.17) is 5.73 Å². The molecule has 0 heterocycles. The van der Waals surface area contributed by atoms with Gasteiger partial charge in [-0.05, 0) is 47.6 Å². The Morgan fingerprint density at radius 1 is 1.27 bits per heavy atom. The average molecular weight is 316 g/mol. The van der Waals surface area contributed by atoms with Crippen molar-refractivity contribution >= 4 is 29.2 Å². The third-order valence-electron chi connectivity index (χ3n) is 2.82. The highest BCUT2D eigenvalue weighted by Crippen LogP contribution is 2.26. The fraction of sp³-hybridized carbons (Fsp3) is 0. The van der Waals surface area contributed by atoms with E-state index in [0.717, 1.165) is 11.1 Å². The van der Waals surface area contributed by atoms with Crippen molar-refractivity contribution < 1.29 is 10.0 Å². The van der Waals surface area contributed by atoms with E-state index in [1.54, 1.807) is 24.3 Å². The summed E-state index contributed by atoms with van der Waals surface area (Å²) < 4.78 is 0. The lowest BCUT2D eigenvalue weighted by atomic mass is 10.0. The molecule has 2 aromatic carbocycles. The van der Waals surface area contributed by atoms with E-state index in [2.05, 4.69) is 22.7 Å². The van der Waals surface area contributed by atoms with Crippen molar-refractivity contribution in [2.45, 2.75) is 0 Å². The highest BCUT2D eigenvalue weighted by molar-refractivity contribution is 7.80. The largest absolute Gasteiger partial charge is 0.507 e. The summed E-state index contributed by atoms with van der Waals surface area (Å²) in [5.74, 6) is 0.0409. The number of aromatic hydroxyl groups is 1. The van der Waals surface area contributed by atoms with Crippen molar-refractivity contribution in [1.29, 1.82) is 0 Å². The number of hydrogen-bond acceptors (Lipinski definition) is 5. The monoisotopic (exact) mass is 316 g/mol. The number of thiocarbonyl (C=S) groups is 1. The third kappa shape index (κ3) is 3.76. The summed E-state index contributed by atoms with van der Waals surface area (Å²) in [6.07, 6.45) is 1.38. The minimum Gasteiger partial charge on any atom is -0.507 e. The van der Waals surface area contributed by atoms with Crippen LogP contribution in [0, 0.1) is 10.1 Å². The molecule has 22 heavy (non-hydrogen) atoms. The molecule has 0 atom stereocenters. The van der Waals surface area contributed by atoms with Crippen LogP contribution in [0.2, 0.25) is 0 Å². The van der Waals surface area contributed by atoms with Gasteiger partial charge in [0.15, 0.2) is 5.11 Å². The molecule has 112 valence electrons. The Balaban J connectivity index is 2.30. The SMILES string of the molecule is NC(=S)N/N=C/c1cc(-c2ccc([N+](=O)[O-])cc2)ccc1O. The highest BCUT2D eigenvalue weighted by Gasteiger charge is 2.07. The Labute approximate surface area is 131 Å². The van der Waals surface area contributed by atoms with E-state index < -0.39 is 4.92 Å². The van der Waals surface area contributed by atoms with Crippen LogP contribution in [0.25, 0.3) is 11.1 Å². The molecule has 0 fully saturated rings. The van der Waals surface area contributed by atoms with Crippen LogP contribution in [0.3, 0.4) is 0 Å². The third-order valence-corrected chi connectivity index (χ3v) is 2.91. The van der Waals surface area contributed by atoms with Gasteiger partial charge >= 0.3 is 0 Å². The zero-order valence-corrected chi connectivity index (χ0v) is 12.1. The zero-order chi connectivity index (χ0) is 16.1. The maximum absolute atomic E-state index is 10.6. The molecule has 0 saturated heterocycles. The van der Waals surface area contributed by atoms with Gasteiger partial charge in [-0.15, -0.1) is 0 Å². The number of nitrogens with two attached hydrogens (primary N) is 1. The molecule has 0 aliphatic carbocycles. The summed E-state index contributed by atoms with van der Waals surface area (Å²) in [6.45, 7) is 0. The molecule has 2 aromatic rings. The molecule has 0 aliphatic heterocycles. The molecule has 7 nitrogen and oxygen atoms in total. The van der Waals surface area contributed by atoms with Crippen molar-refractivity contribution in [3.05, 3.63) is 58.1 Å². The normalized spacial score (nSPS) is 10.5. The predicted octanol–water partition coefficient (Wildman–Crippen LogP) is 2.13. The summed E-state index contributed by atoms with van der Waals surface area (Å²) in [5.41, 5.74) is 9.67. The van der Waals surface area contributed by atoms with Crippen LogP contribution in [-0.2, 0) is 0 Å². The van der Waals surface area contributed by atoms with E-state index in [1.807, 2.05) is 0 Å². The standard InChI is InChI=1S/C14H12N4O3S/c15-14(22)17-16-8-11-7-10(3-6-13(11)19)9-1-4-12(5-2-9)18(20)21/h1-8,19H,(H3,15,17,22)/b16-8+. The molecule has 8 heteroatoms. The second-order valence-corrected chi connectivity index (χ2v) is 4.75. The summed E-state index contributed by atoms with van der Waals surface area (Å²) in [4.78, 5) is 10.2. The molecule has 0 saturated carbocycles. The van der Waals surface area contributed by atoms with Crippen LogP contribution < -0.4 is 11.2 Å². The number of nitrogens with one attached hydrogen (secondary N) is 1. The topological polar surface area (TPSA) is 114 Å². The molecule has 0 aromatic heterocycles. The molecule has 4 N–H and O–H groups in total. The van der Waals surface area contributed by atoms with Crippen molar-refractivity contribution in [3.8, 4) is 16.9 Å². The fourth-order valence-corrected chi connectivity index (χ4v) is 1.83. The van der Waals surface area contributed by atoms with Gasteiger partial charge < -0.3 is 10.8 Å². The van der Waals surface area contributed by atoms with Gasteiger partial charge in [-0.3, -0.25) is 15.5 Å². The maximum Gasteiger partial charge on any atom is 0.269 e. The lowest BCUT2D eigenvalue weighted by Crippen LogP contribution is -2.23. The Bertz CT molecular complexity index is 744. The van der Waals surface area contributed by atoms with Crippen LogP contribution in [0.15, 0.2) is 47.6 Å². The predicted molar refractivity (Wildman–Crippen MR) is 87.7 cm³/mol. The second-order valence-electron chi connectivity index (χ2n) is 4.31. The van der Waals surface area contributed by atoms with E-state index in [9.17, 15) is 15.2 Å². The number of nitro groups is 1. The number of hydrogen-bond donors (Lipinski definition) is 3. The molecule has 0 bridgehead atoms. The summed E-state index contributed by atoms with van der Waals surface area (Å²) in [6, 6.07) is 11.0. The Hall–Kier alpha value is -3.00. The number of non-ortho nitro benzene ring substituents is 1. The molecule has 0 amide bonds. The van der Waals surface area contributed by atoms with E-state index in [-0.39, 0.29) is 16.5 Å². The van der Waals surface area contributed by atoms with Gasteiger partial charge in [0.05, 0.1) is 11.1 Å². The minimum atomic E-state index is -0.458. The van der Waals surface area contributed by atoms with E-state index >= 15 is 0 Å². The van der Waals surface area contributed by atoms with Gasteiger partial charge in [-0.2, -0.15) is 5.10 Å². The average Bonchev–Trinajstić information content (AvgIpc) is 2.49. The Morgan fingerprint density at radius 3 is 2.50 bits per heavy atom. The Kier molecular flexibility index (Phi) is 4.64. The number of hydrazone groups is 1. The van der Waals surface area contributed by atoms with Crippen LogP contribution >= 0.6 is 12.2 Å². The summed E-state index contributed by atoms with van der Waals surface area (Å²) in [5, 5.41) is 24.2. The smallest absolute Gasteiger partial charge is 0.269 e. The number of nitrogens with zero attached hydrogens (tertiary/aromatic N) is 2. The maximum atomic E-state index is 10.6. The molecule has 0 radical (unpaired) electrons. The van der Waals surface area contributed by atoms with Crippen LogP contribution in [-0.4, -0.2) is 21.4 Å². The lowest BCUT2D eigenvalue weighted by Gasteiger charge is -2.05. The summed E-state index contributed by atoms with van der Waals surface area (Å²) in [7, 11) is 0. The number of rotatable bonds is 4. The van der Waals surface area contributed by atoms with Gasteiger partial charge in [0.2, 0.25) is 0 Å². The minimum absolute atomic E-state index is 0.0160. The summed E-state index contributed by atoms with van der Waals surface area (Å²) >= 11 is 4.61. The van der Waals surface area contributed by atoms with Gasteiger partial charge in [0, 0.05) is 17.7 Å². The van der Waals surface area contributed by atoms with Crippen molar-refractivity contribution in [2.75, 3.05) is 0 Å². The van der Waals surface area contributed by atoms with Crippen LogP contribution in [0.4, 0.5) is 5.69 Å². The van der Waals surface area contributed by atoms with Crippen LogP contribution in [0.5, 0.6) is 5.75 Å². The van der Waals surface area contributed by atoms with Crippen molar-refractivity contribution in [2.24, 2.45) is 10.8 Å². The van der Waals surface area contributed by atoms with Gasteiger partial charge in [0.1, 0.15) is 5.75 Å². The highest BCUT2D eigenvalue weighted by atomic mass is 32.1. The zero-order valence-electron chi connectivity index (χ0n) is 11.3. The molecular formula is C14H12N4O3S. The number of benzene rings is 2. The van der Waals surface area contributed by atoms with E-state index in [0.29, 0.717) is 5.56 Å². The van der Waals surface area contributed by atoms with Gasteiger partial charge in [-0.1, -0.05) is 6.07 Å². The first-order valence-corrected chi connectivity index (χ1v) is 6.54. The molecule has 0 spiro atoms. The second kappa shape index (κ2) is 6.64. The molecule has 2 rings (SSSR count). The molecule has 0 unspecified atom stereocenters. The van der Waals surface area contributed by atoms with Crippen molar-refractivity contribution in [1.82, 2.24) is 5.43 Å². The van der Waals surface area contributed by atoms with E-state index in [1.165, 1.54) is 24.4 Å². The number of nitro benzene ring substituents is 1. The quantitative estimate of drug-likeness (QED) is 0.344. The first-order valence-electron chi connectivity index (χ1n) is 6.14. The first-order chi connectivity index (χ1) is 10.5. The Morgan fingerprint density at radius 2 is 1.91 bits per heavy atom. The molecular weight excluding hydrogens is 304 g/mol. The fourth-order valence-electron chi connectivity index (χ4n) is 1.78.